The van der Waals surface area contributed by atoms with E-state index in [0.717, 1.165) is 16.3 Å². The normalized spacial score (nSPS) is 11.6. The van der Waals surface area contributed by atoms with E-state index in [1.165, 1.54) is 29.6 Å². The lowest BCUT2D eigenvalue weighted by Crippen LogP contribution is -2.31. The lowest BCUT2D eigenvalue weighted by molar-refractivity contribution is 0.0951. The van der Waals surface area contributed by atoms with Crippen LogP contribution in [-0.2, 0) is 16.4 Å². The number of methoxy groups -OCH3 is 1. The molecule has 0 aliphatic rings. The van der Waals surface area contributed by atoms with Gasteiger partial charge in [0.25, 0.3) is 5.91 Å². The molecule has 3 aromatic rings. The van der Waals surface area contributed by atoms with Crippen LogP contribution in [0.15, 0.2) is 65.6 Å². The highest BCUT2D eigenvalue weighted by Crippen LogP contribution is 2.25. The van der Waals surface area contributed by atoms with Gasteiger partial charge in [0.15, 0.2) is 0 Å². The van der Waals surface area contributed by atoms with Crippen LogP contribution >= 0.6 is 0 Å². The van der Waals surface area contributed by atoms with Crippen LogP contribution in [0.3, 0.4) is 0 Å². The van der Waals surface area contributed by atoms with Crippen molar-refractivity contribution in [2.24, 2.45) is 0 Å². The number of nitrogens with zero attached hydrogens (tertiary/aromatic N) is 1. The zero-order chi connectivity index (χ0) is 22.4. The number of ether oxygens (including phenoxy) is 1. The second kappa shape index (κ2) is 9.94. The molecule has 0 fully saturated rings. The van der Waals surface area contributed by atoms with Crippen molar-refractivity contribution < 1.29 is 17.9 Å². The highest BCUT2D eigenvalue weighted by Gasteiger charge is 2.24. The van der Waals surface area contributed by atoms with Gasteiger partial charge in [0.05, 0.1) is 17.6 Å². The molecule has 31 heavy (non-hydrogen) atoms. The van der Waals surface area contributed by atoms with Crippen LogP contribution in [0.1, 0.15) is 29.8 Å². The van der Waals surface area contributed by atoms with Gasteiger partial charge in [-0.25, -0.2) is 8.42 Å². The summed E-state index contributed by atoms with van der Waals surface area (Å²) in [6, 6.07) is 18.6. The Balaban J connectivity index is 1.79. The Morgan fingerprint density at radius 2 is 1.71 bits per heavy atom. The van der Waals surface area contributed by atoms with Crippen molar-refractivity contribution in [3.05, 3.63) is 71.8 Å². The highest BCUT2D eigenvalue weighted by molar-refractivity contribution is 7.89. The zero-order valence-electron chi connectivity index (χ0n) is 18.1. The van der Waals surface area contributed by atoms with Gasteiger partial charge in [-0.15, -0.1) is 0 Å². The smallest absolute Gasteiger partial charge is 0.255 e. The maximum Gasteiger partial charge on any atom is 0.255 e. The summed E-state index contributed by atoms with van der Waals surface area (Å²) in [7, 11) is -2.21. The molecule has 7 heteroatoms. The number of carbonyl (C=O) groups is 1. The molecule has 0 aliphatic heterocycles. The molecule has 0 bridgehead atoms. The fraction of sp³-hybridized carbons (Fsp3) is 0.292. The zero-order valence-corrected chi connectivity index (χ0v) is 18.9. The molecule has 1 amide bonds. The van der Waals surface area contributed by atoms with Crippen molar-refractivity contribution in [1.29, 1.82) is 0 Å². The summed E-state index contributed by atoms with van der Waals surface area (Å²) in [6.07, 6.45) is 0.660. The van der Waals surface area contributed by atoms with Crippen molar-refractivity contribution in [3.8, 4) is 5.75 Å². The topological polar surface area (TPSA) is 75.7 Å². The van der Waals surface area contributed by atoms with E-state index in [2.05, 4.69) is 23.5 Å². The molecule has 164 valence electrons. The van der Waals surface area contributed by atoms with E-state index in [0.29, 0.717) is 31.8 Å². The third-order valence-electron chi connectivity index (χ3n) is 5.32. The van der Waals surface area contributed by atoms with E-state index in [-0.39, 0.29) is 16.4 Å². The first kappa shape index (κ1) is 22.8. The molecular formula is C24H28N2O4S. The molecule has 0 saturated carbocycles. The first-order valence-corrected chi connectivity index (χ1v) is 11.8. The minimum absolute atomic E-state index is 0.0798. The maximum absolute atomic E-state index is 12.9. The fourth-order valence-electron chi connectivity index (χ4n) is 3.65. The molecule has 0 saturated heterocycles. The van der Waals surface area contributed by atoms with Crippen molar-refractivity contribution in [2.45, 2.75) is 25.2 Å². The van der Waals surface area contributed by atoms with E-state index in [9.17, 15) is 13.2 Å². The summed E-state index contributed by atoms with van der Waals surface area (Å²) in [5.41, 5.74) is 1.34. The van der Waals surface area contributed by atoms with Gasteiger partial charge < -0.3 is 10.1 Å². The Morgan fingerprint density at radius 3 is 2.42 bits per heavy atom. The van der Waals surface area contributed by atoms with E-state index in [1.807, 2.05) is 24.3 Å². The molecule has 0 atom stereocenters. The molecule has 0 unspecified atom stereocenters. The summed E-state index contributed by atoms with van der Waals surface area (Å²) in [5.74, 6) is -0.0326. The molecule has 0 radical (unpaired) electrons. The first-order chi connectivity index (χ1) is 14.9. The monoisotopic (exact) mass is 440 g/mol. The van der Waals surface area contributed by atoms with Crippen LogP contribution in [0.5, 0.6) is 5.75 Å². The molecule has 0 aliphatic carbocycles. The number of sulfonamides is 1. The van der Waals surface area contributed by atoms with Gasteiger partial charge in [-0.1, -0.05) is 56.3 Å². The van der Waals surface area contributed by atoms with Crippen LogP contribution in [0.25, 0.3) is 10.8 Å². The van der Waals surface area contributed by atoms with Crippen LogP contribution in [0.4, 0.5) is 0 Å². The summed E-state index contributed by atoms with van der Waals surface area (Å²) in [6.45, 7) is 4.70. The predicted molar refractivity (Wildman–Crippen MR) is 123 cm³/mol. The fourth-order valence-corrected chi connectivity index (χ4v) is 5.14. The van der Waals surface area contributed by atoms with Crippen LogP contribution in [-0.4, -0.2) is 45.4 Å². The van der Waals surface area contributed by atoms with Crippen molar-refractivity contribution in [1.82, 2.24) is 9.62 Å². The summed E-state index contributed by atoms with van der Waals surface area (Å²) in [4.78, 5) is 12.9. The van der Waals surface area contributed by atoms with Gasteiger partial charge in [0, 0.05) is 19.6 Å². The maximum atomic E-state index is 12.9. The number of fused-ring (bicyclic) bond motifs is 1. The third kappa shape index (κ3) is 4.89. The Kier molecular flexibility index (Phi) is 7.30. The van der Waals surface area contributed by atoms with Crippen molar-refractivity contribution >= 4 is 26.7 Å². The van der Waals surface area contributed by atoms with Gasteiger partial charge in [0.1, 0.15) is 5.75 Å². The van der Waals surface area contributed by atoms with Crippen LogP contribution in [0.2, 0.25) is 0 Å². The van der Waals surface area contributed by atoms with Gasteiger partial charge in [0.2, 0.25) is 10.0 Å². The first-order valence-electron chi connectivity index (χ1n) is 10.3. The quantitative estimate of drug-likeness (QED) is 0.548. The minimum Gasteiger partial charge on any atom is -0.496 e. The van der Waals surface area contributed by atoms with E-state index in [1.54, 1.807) is 13.8 Å². The van der Waals surface area contributed by atoms with E-state index < -0.39 is 10.0 Å². The Labute approximate surface area is 183 Å². The number of amides is 1. The van der Waals surface area contributed by atoms with Crippen molar-refractivity contribution in [3.63, 3.8) is 0 Å². The minimum atomic E-state index is -3.67. The number of hydrogen-bond donors (Lipinski definition) is 1. The van der Waals surface area contributed by atoms with Crippen LogP contribution in [0, 0.1) is 0 Å². The number of hydrogen-bond acceptors (Lipinski definition) is 4. The SMILES string of the molecule is CCN(CC)S(=O)(=O)c1ccc(OC)c(C(=O)NCCc2cccc3ccccc23)c1. The molecule has 3 aromatic carbocycles. The molecule has 0 heterocycles. The lowest BCUT2D eigenvalue weighted by Gasteiger charge is -2.19. The van der Waals surface area contributed by atoms with Crippen LogP contribution < -0.4 is 10.1 Å². The number of carbonyl (C=O) groups excluding carboxylic acids is 1. The van der Waals surface area contributed by atoms with Crippen molar-refractivity contribution in [2.75, 3.05) is 26.7 Å². The second-order valence-electron chi connectivity index (χ2n) is 7.10. The van der Waals surface area contributed by atoms with Gasteiger partial charge in [-0.2, -0.15) is 4.31 Å². The van der Waals surface area contributed by atoms with E-state index in [4.69, 9.17) is 4.74 Å². The molecule has 3 rings (SSSR count). The summed E-state index contributed by atoms with van der Waals surface area (Å²) < 4.78 is 32.4. The molecular weight excluding hydrogens is 412 g/mol. The molecule has 1 N–H and O–H groups in total. The second-order valence-corrected chi connectivity index (χ2v) is 9.03. The largest absolute Gasteiger partial charge is 0.496 e. The summed E-state index contributed by atoms with van der Waals surface area (Å²) in [5, 5.41) is 5.21. The third-order valence-corrected chi connectivity index (χ3v) is 7.36. The standard InChI is InChI=1S/C24H28N2O4S/c1-4-26(5-2)31(28,29)20-13-14-23(30-3)22(17-20)24(27)25-16-15-19-11-8-10-18-9-6-7-12-21(18)19/h6-14,17H,4-5,15-16H2,1-3H3,(H,25,27). The predicted octanol–water partition coefficient (Wildman–Crippen LogP) is 3.85. The average Bonchev–Trinajstić information content (AvgIpc) is 2.79. The Bertz CT molecular complexity index is 1170. The number of benzene rings is 3. The lowest BCUT2D eigenvalue weighted by atomic mass is 10.0. The number of rotatable bonds is 9. The number of nitrogens with one attached hydrogen (secondary N) is 1. The average molecular weight is 441 g/mol. The Morgan fingerprint density at radius 1 is 1.00 bits per heavy atom. The van der Waals surface area contributed by atoms with Gasteiger partial charge >= 0.3 is 0 Å². The van der Waals surface area contributed by atoms with Gasteiger partial charge in [-0.05, 0) is 41.0 Å². The Hall–Kier alpha value is -2.90. The summed E-state index contributed by atoms with van der Waals surface area (Å²) >= 11 is 0. The molecule has 0 aromatic heterocycles. The highest BCUT2D eigenvalue weighted by atomic mass is 32.2. The van der Waals surface area contributed by atoms with E-state index >= 15 is 0 Å². The van der Waals surface area contributed by atoms with Gasteiger partial charge in [-0.3, -0.25) is 4.79 Å². The molecule has 0 spiro atoms. The molecule has 6 nitrogen and oxygen atoms in total.